The standard InChI is InChI=1S/C7H7NO2Se/c1-11-7-4-2-3-6(5-7)8(9)10/h2-5H,1H3. The Morgan fingerprint density at radius 2 is 2.27 bits per heavy atom. The van der Waals surface area contributed by atoms with E-state index in [2.05, 4.69) is 0 Å². The Labute approximate surface area is 70.7 Å². The second-order valence-corrected chi connectivity index (χ2v) is 3.80. The molecule has 0 unspecified atom stereocenters. The van der Waals surface area contributed by atoms with Gasteiger partial charge in [0.25, 0.3) is 0 Å². The molecule has 0 saturated heterocycles. The molecular formula is C7H7NO2Se. The van der Waals surface area contributed by atoms with Crippen LogP contribution < -0.4 is 4.46 Å². The summed E-state index contributed by atoms with van der Waals surface area (Å²) in [5.41, 5.74) is 0.186. The normalized spacial score (nSPS) is 9.55. The van der Waals surface area contributed by atoms with E-state index >= 15 is 0 Å². The van der Waals surface area contributed by atoms with E-state index in [-0.39, 0.29) is 10.6 Å². The molecule has 0 aliphatic rings. The van der Waals surface area contributed by atoms with Gasteiger partial charge in [0, 0.05) is 0 Å². The Morgan fingerprint density at radius 3 is 2.82 bits per heavy atom. The Hall–Kier alpha value is -0.861. The molecule has 1 rings (SSSR count). The first-order chi connectivity index (χ1) is 5.24. The molecule has 0 saturated carbocycles. The van der Waals surface area contributed by atoms with Gasteiger partial charge in [0.05, 0.1) is 0 Å². The summed E-state index contributed by atoms with van der Waals surface area (Å²) in [5, 5.41) is 10.3. The number of hydrogen-bond acceptors (Lipinski definition) is 2. The van der Waals surface area contributed by atoms with Crippen molar-refractivity contribution in [1.82, 2.24) is 0 Å². The number of nitrogens with zero attached hydrogens (tertiary/aromatic N) is 1. The van der Waals surface area contributed by atoms with E-state index in [1.807, 2.05) is 11.9 Å². The van der Waals surface area contributed by atoms with Crippen molar-refractivity contribution in [1.29, 1.82) is 0 Å². The predicted molar refractivity (Wildman–Crippen MR) is 44.3 cm³/mol. The molecule has 11 heavy (non-hydrogen) atoms. The molecule has 0 fully saturated rings. The summed E-state index contributed by atoms with van der Waals surface area (Å²) in [6, 6.07) is 6.76. The fraction of sp³-hybridized carbons (Fsp3) is 0.143. The van der Waals surface area contributed by atoms with Crippen LogP contribution in [0, 0.1) is 10.1 Å². The topological polar surface area (TPSA) is 43.1 Å². The molecule has 0 aliphatic carbocycles. The van der Waals surface area contributed by atoms with Crippen molar-refractivity contribution in [3.63, 3.8) is 0 Å². The maximum absolute atomic E-state index is 10.3. The molecule has 0 aliphatic heterocycles. The Bertz CT molecular complexity index is 275. The monoisotopic (exact) mass is 217 g/mol. The summed E-state index contributed by atoms with van der Waals surface area (Å²) in [5.74, 6) is 2.03. The molecule has 0 atom stereocenters. The van der Waals surface area contributed by atoms with Gasteiger partial charge in [-0.05, 0) is 0 Å². The van der Waals surface area contributed by atoms with Crippen molar-refractivity contribution in [2.75, 3.05) is 0 Å². The Morgan fingerprint density at radius 1 is 1.55 bits per heavy atom. The summed E-state index contributed by atoms with van der Waals surface area (Å²) in [7, 11) is 0. The van der Waals surface area contributed by atoms with Gasteiger partial charge in [-0.3, -0.25) is 0 Å². The maximum atomic E-state index is 10.3. The molecule has 1 aromatic carbocycles. The summed E-state index contributed by atoms with van der Waals surface area (Å²) in [6.45, 7) is 0. The van der Waals surface area contributed by atoms with Crippen LogP contribution in [0.25, 0.3) is 0 Å². The average molecular weight is 216 g/mol. The van der Waals surface area contributed by atoms with Gasteiger partial charge in [0.15, 0.2) is 0 Å². The van der Waals surface area contributed by atoms with Crippen LogP contribution in [0.1, 0.15) is 0 Å². The van der Waals surface area contributed by atoms with Crippen molar-refractivity contribution in [3.8, 4) is 0 Å². The molecule has 0 radical (unpaired) electrons. The van der Waals surface area contributed by atoms with Gasteiger partial charge in [-0.15, -0.1) is 0 Å². The van der Waals surface area contributed by atoms with E-state index in [0.717, 1.165) is 4.46 Å². The Balaban J connectivity index is 3.01. The van der Waals surface area contributed by atoms with Gasteiger partial charge < -0.3 is 0 Å². The van der Waals surface area contributed by atoms with E-state index in [4.69, 9.17) is 0 Å². The van der Waals surface area contributed by atoms with Crippen LogP contribution in [0.4, 0.5) is 5.69 Å². The number of rotatable bonds is 2. The molecule has 0 spiro atoms. The van der Waals surface area contributed by atoms with Crippen LogP contribution in [0.3, 0.4) is 0 Å². The minimum absolute atomic E-state index is 0.186. The first kappa shape index (κ1) is 8.24. The van der Waals surface area contributed by atoms with Crippen LogP contribution in [-0.2, 0) is 0 Å². The zero-order chi connectivity index (χ0) is 8.27. The first-order valence-electron chi connectivity index (χ1n) is 3.02. The minimum atomic E-state index is -0.366. The summed E-state index contributed by atoms with van der Waals surface area (Å²) in [4.78, 5) is 9.92. The number of nitro benzene ring substituents is 1. The molecular weight excluding hydrogens is 209 g/mol. The average Bonchev–Trinajstić information content (AvgIpc) is 2.05. The third-order valence-corrected chi connectivity index (χ3v) is 2.79. The van der Waals surface area contributed by atoms with Crippen LogP contribution >= 0.6 is 0 Å². The van der Waals surface area contributed by atoms with Gasteiger partial charge in [0.2, 0.25) is 0 Å². The van der Waals surface area contributed by atoms with Crippen LogP contribution in [-0.4, -0.2) is 19.9 Å². The second kappa shape index (κ2) is 3.51. The van der Waals surface area contributed by atoms with E-state index in [0.29, 0.717) is 15.0 Å². The molecule has 0 aromatic heterocycles. The van der Waals surface area contributed by atoms with Crippen LogP contribution in [0.5, 0.6) is 0 Å². The number of nitro groups is 1. The van der Waals surface area contributed by atoms with Crippen LogP contribution in [0.15, 0.2) is 24.3 Å². The number of benzene rings is 1. The zero-order valence-corrected chi connectivity index (χ0v) is 7.69. The molecule has 0 N–H and O–H groups in total. The van der Waals surface area contributed by atoms with Crippen molar-refractivity contribution in [3.05, 3.63) is 34.4 Å². The number of non-ortho nitro benzene ring substituents is 1. The molecule has 0 heterocycles. The zero-order valence-electron chi connectivity index (χ0n) is 5.98. The van der Waals surface area contributed by atoms with Crippen molar-refractivity contribution in [2.24, 2.45) is 0 Å². The fourth-order valence-electron chi connectivity index (χ4n) is 0.724. The van der Waals surface area contributed by atoms with Gasteiger partial charge in [0.1, 0.15) is 0 Å². The van der Waals surface area contributed by atoms with E-state index in [1.165, 1.54) is 6.07 Å². The van der Waals surface area contributed by atoms with Crippen molar-refractivity contribution >= 4 is 25.1 Å². The van der Waals surface area contributed by atoms with Gasteiger partial charge in [-0.1, -0.05) is 0 Å². The third-order valence-electron chi connectivity index (χ3n) is 1.26. The molecule has 0 amide bonds. The Kier molecular flexibility index (Phi) is 2.63. The summed E-state index contributed by atoms with van der Waals surface area (Å²) >= 11 is 0.339. The summed E-state index contributed by atoms with van der Waals surface area (Å²) in [6.07, 6.45) is 0. The van der Waals surface area contributed by atoms with E-state index in [1.54, 1.807) is 12.1 Å². The van der Waals surface area contributed by atoms with Crippen LogP contribution in [0.2, 0.25) is 5.82 Å². The molecule has 1 aromatic rings. The van der Waals surface area contributed by atoms with Gasteiger partial charge in [-0.2, -0.15) is 0 Å². The van der Waals surface area contributed by atoms with Crippen molar-refractivity contribution in [2.45, 2.75) is 5.82 Å². The third kappa shape index (κ3) is 2.03. The summed E-state index contributed by atoms with van der Waals surface area (Å²) < 4.78 is 1.06. The van der Waals surface area contributed by atoms with Crippen molar-refractivity contribution < 1.29 is 4.92 Å². The second-order valence-electron chi connectivity index (χ2n) is 1.96. The predicted octanol–water partition coefficient (Wildman–Crippen LogP) is 0.972. The van der Waals surface area contributed by atoms with E-state index < -0.39 is 0 Å². The molecule has 58 valence electrons. The SMILES string of the molecule is C[Se]c1cccc([N+](=O)[O-])c1. The quantitative estimate of drug-likeness (QED) is 0.420. The van der Waals surface area contributed by atoms with Gasteiger partial charge in [-0.25, -0.2) is 0 Å². The van der Waals surface area contributed by atoms with Gasteiger partial charge >= 0.3 is 70.2 Å². The fourth-order valence-corrected chi connectivity index (χ4v) is 1.67. The van der Waals surface area contributed by atoms with E-state index in [9.17, 15) is 10.1 Å². The number of hydrogen-bond donors (Lipinski definition) is 0. The first-order valence-corrected chi connectivity index (χ1v) is 5.59. The molecule has 0 bridgehead atoms. The molecule has 4 heteroatoms. The molecule has 3 nitrogen and oxygen atoms in total.